The van der Waals surface area contributed by atoms with Crippen molar-refractivity contribution in [1.82, 2.24) is 4.98 Å². The number of pyridine rings is 1. The molecule has 0 aliphatic carbocycles. The van der Waals surface area contributed by atoms with Crippen LogP contribution in [0.2, 0.25) is 0 Å². The van der Waals surface area contributed by atoms with Crippen LogP contribution < -0.4 is 29.6 Å². The van der Waals surface area contributed by atoms with Crippen molar-refractivity contribution in [2.24, 2.45) is 0 Å². The number of nitriles is 1. The third-order valence-corrected chi connectivity index (χ3v) is 0.779. The fourth-order valence-corrected chi connectivity index (χ4v) is 0.429. The zero-order valence-corrected chi connectivity index (χ0v) is 8.32. The Balaban J connectivity index is -0.000000189. The quantitative estimate of drug-likeness (QED) is 0.406. The van der Waals surface area contributed by atoms with Crippen molar-refractivity contribution in [2.75, 3.05) is 0 Å². The van der Waals surface area contributed by atoms with E-state index in [-0.39, 0.29) is 31.0 Å². The maximum atomic E-state index is 8.23. The van der Waals surface area contributed by atoms with E-state index in [9.17, 15) is 0 Å². The largest absolute Gasteiger partial charge is 1.00 e. The minimum Gasteiger partial charge on any atom is -1.00 e. The Hall–Kier alpha value is -0.690. The van der Waals surface area contributed by atoms with Gasteiger partial charge >= 0.3 is 29.6 Å². The molecule has 3 nitrogen and oxygen atoms in total. The van der Waals surface area contributed by atoms with E-state index in [1.165, 1.54) is 0 Å². The summed E-state index contributed by atoms with van der Waals surface area (Å²) in [6.45, 7) is 2.00. The molecule has 1 aromatic rings. The molecule has 0 amide bonds. The van der Waals surface area contributed by atoms with Gasteiger partial charge in [0.25, 0.3) is 0 Å². The van der Waals surface area contributed by atoms with Crippen molar-refractivity contribution in [2.45, 2.75) is 0 Å². The van der Waals surface area contributed by atoms with Crippen molar-refractivity contribution < 1.29 is 35.8 Å². The van der Waals surface area contributed by atoms with Crippen molar-refractivity contribution in [3.05, 3.63) is 30.1 Å². The van der Waals surface area contributed by atoms with Crippen LogP contribution in [0.5, 0.6) is 0 Å². The molecule has 0 fully saturated rings. The zero-order chi connectivity index (χ0) is 7.82. The fraction of sp³-hybridized carbons (Fsp3) is 0. The second-order valence-electron chi connectivity index (χ2n) is 1.33. The first-order valence-corrected chi connectivity index (χ1v) is 2.53. The molecule has 0 saturated carbocycles. The van der Waals surface area contributed by atoms with Gasteiger partial charge in [0.1, 0.15) is 18.6 Å². The number of aromatic nitrogens is 1. The minimum atomic E-state index is 0. The van der Waals surface area contributed by atoms with Gasteiger partial charge < -0.3 is 6.22 Å². The Morgan fingerprint density at radius 3 is 2.45 bits per heavy atom. The van der Waals surface area contributed by atoms with Crippen LogP contribution in [0.3, 0.4) is 0 Å². The first-order chi connectivity index (χ1) is 4.93. The molecule has 0 aliphatic rings. The van der Waals surface area contributed by atoms with E-state index in [1.54, 1.807) is 24.4 Å². The molecule has 0 unspecified atom stereocenters. The van der Waals surface area contributed by atoms with Crippen LogP contribution in [0, 0.1) is 11.3 Å². The molecule has 0 aliphatic heterocycles. The molecule has 0 radical (unpaired) electrons. The summed E-state index contributed by atoms with van der Waals surface area (Å²) < 4.78 is 0. The van der Waals surface area contributed by atoms with Gasteiger partial charge in [-0.05, 0) is 12.1 Å². The number of rotatable bonds is 0. The normalized spacial score (nSPS) is 6.09. The monoisotopic (exact) mass is 158 g/mol. The topological polar surface area (TPSA) is 53.8 Å². The Kier molecular flexibility index (Phi) is 11.0. The number of hydrogen-bond acceptors (Lipinski definition) is 3. The zero-order valence-electron chi connectivity index (χ0n) is 7.32. The van der Waals surface area contributed by atoms with Gasteiger partial charge in [-0.2, -0.15) is 5.26 Å². The van der Waals surface area contributed by atoms with E-state index in [0.29, 0.717) is 5.69 Å². The van der Waals surface area contributed by atoms with Crippen LogP contribution in [0.1, 0.15) is 7.12 Å². The third kappa shape index (κ3) is 5.74. The number of nitrogens with zero attached hydrogens (tertiary/aromatic N) is 2. The molecule has 1 aromatic heterocycles. The van der Waals surface area contributed by atoms with Gasteiger partial charge in [0, 0.05) is 6.20 Å². The Bertz CT molecular complexity index is 225. The SMILES string of the molecule is C=O.N#Cc1ccccn1.[H-].[Na+]. The smallest absolute Gasteiger partial charge is 1.00 e. The maximum absolute atomic E-state index is 8.23. The van der Waals surface area contributed by atoms with Crippen LogP contribution in [0.4, 0.5) is 0 Å². The fourth-order valence-electron chi connectivity index (χ4n) is 0.429. The summed E-state index contributed by atoms with van der Waals surface area (Å²) in [6, 6.07) is 7.14. The molecule has 0 bridgehead atoms. The number of carbonyl (C=O) groups excluding carboxylic acids is 1. The Morgan fingerprint density at radius 2 is 2.18 bits per heavy atom. The average Bonchev–Trinajstić information content (AvgIpc) is 2.10. The van der Waals surface area contributed by atoms with E-state index in [2.05, 4.69) is 4.98 Å². The van der Waals surface area contributed by atoms with Gasteiger partial charge in [-0.15, -0.1) is 0 Å². The van der Waals surface area contributed by atoms with Crippen LogP contribution in [0.25, 0.3) is 0 Å². The summed E-state index contributed by atoms with van der Waals surface area (Å²) >= 11 is 0. The van der Waals surface area contributed by atoms with Crippen LogP contribution >= 0.6 is 0 Å². The first-order valence-electron chi connectivity index (χ1n) is 2.53. The van der Waals surface area contributed by atoms with Crippen LogP contribution in [-0.2, 0) is 4.79 Å². The van der Waals surface area contributed by atoms with Crippen molar-refractivity contribution in [3.8, 4) is 6.07 Å². The van der Waals surface area contributed by atoms with Crippen molar-refractivity contribution in [3.63, 3.8) is 0 Å². The molecule has 52 valence electrons. The van der Waals surface area contributed by atoms with Gasteiger partial charge in [0.15, 0.2) is 0 Å². The van der Waals surface area contributed by atoms with Crippen molar-refractivity contribution in [1.29, 1.82) is 5.26 Å². The third-order valence-electron chi connectivity index (χ3n) is 0.779. The summed E-state index contributed by atoms with van der Waals surface area (Å²) in [5, 5.41) is 8.23. The first kappa shape index (κ1) is 12.9. The standard InChI is InChI=1S/C6H4N2.CH2O.Na.H/c7-5-6-3-1-2-4-8-6;1-2;;/h1-4H;1H2;;/q;;+1;-1. The summed E-state index contributed by atoms with van der Waals surface area (Å²) in [6.07, 6.45) is 1.60. The molecular formula is C7H7N2NaO. The average molecular weight is 158 g/mol. The number of carbonyl (C=O) groups is 1. The predicted octanol–water partition coefficient (Wildman–Crippen LogP) is -2.12. The number of hydrogen-bond donors (Lipinski definition) is 0. The molecule has 11 heavy (non-hydrogen) atoms. The van der Waals surface area contributed by atoms with Crippen molar-refractivity contribution >= 4 is 6.79 Å². The summed E-state index contributed by atoms with van der Waals surface area (Å²) in [5.74, 6) is 0. The molecule has 0 aromatic carbocycles. The minimum absolute atomic E-state index is 0. The Labute approximate surface area is 88.8 Å². The molecule has 0 N–H and O–H groups in total. The van der Waals surface area contributed by atoms with E-state index >= 15 is 0 Å². The van der Waals surface area contributed by atoms with Gasteiger partial charge in [-0.1, -0.05) is 6.07 Å². The van der Waals surface area contributed by atoms with Gasteiger partial charge in [0.05, 0.1) is 0 Å². The van der Waals surface area contributed by atoms with Gasteiger partial charge in [-0.3, -0.25) is 0 Å². The predicted molar refractivity (Wildman–Crippen MR) is 37.2 cm³/mol. The second-order valence-corrected chi connectivity index (χ2v) is 1.33. The van der Waals surface area contributed by atoms with Gasteiger partial charge in [0.2, 0.25) is 0 Å². The van der Waals surface area contributed by atoms with Gasteiger partial charge in [-0.25, -0.2) is 4.98 Å². The molecule has 1 rings (SSSR count). The molecule has 0 atom stereocenters. The van der Waals surface area contributed by atoms with Crippen LogP contribution in [-0.4, -0.2) is 11.8 Å². The second kappa shape index (κ2) is 9.31. The Morgan fingerprint density at radius 1 is 1.55 bits per heavy atom. The molecule has 0 saturated heterocycles. The van der Waals surface area contributed by atoms with E-state index in [4.69, 9.17) is 10.1 Å². The van der Waals surface area contributed by atoms with E-state index in [0.717, 1.165) is 0 Å². The van der Waals surface area contributed by atoms with Crippen LogP contribution in [0.15, 0.2) is 24.4 Å². The van der Waals surface area contributed by atoms with E-state index < -0.39 is 0 Å². The maximum Gasteiger partial charge on any atom is 1.00 e. The molecule has 1 heterocycles. The summed E-state index contributed by atoms with van der Waals surface area (Å²) in [7, 11) is 0. The molecular weight excluding hydrogens is 151 g/mol. The molecule has 4 heteroatoms. The van der Waals surface area contributed by atoms with E-state index in [1.807, 2.05) is 12.9 Å². The molecule has 0 spiro atoms. The summed E-state index contributed by atoms with van der Waals surface area (Å²) in [4.78, 5) is 11.7. The summed E-state index contributed by atoms with van der Waals surface area (Å²) in [5.41, 5.74) is 0.465.